The fraction of sp³-hybridized carbons (Fsp3) is 0.571. The van der Waals surface area contributed by atoms with Crippen LogP contribution in [0.4, 0.5) is 0 Å². The van der Waals surface area contributed by atoms with Crippen LogP contribution in [0.25, 0.3) is 0 Å². The minimum absolute atomic E-state index is 0.217. The van der Waals surface area contributed by atoms with E-state index < -0.39 is 6.10 Å². The zero-order valence-corrected chi connectivity index (χ0v) is 11.0. The van der Waals surface area contributed by atoms with Gasteiger partial charge in [0.15, 0.2) is 11.5 Å². The predicted molar refractivity (Wildman–Crippen MR) is 69.3 cm³/mol. The van der Waals surface area contributed by atoms with E-state index in [4.69, 9.17) is 14.2 Å². The highest BCUT2D eigenvalue weighted by molar-refractivity contribution is 5.45. The van der Waals surface area contributed by atoms with E-state index in [0.29, 0.717) is 12.3 Å². The Hall–Kier alpha value is -1.30. The maximum Gasteiger partial charge on any atom is 0.231 e. The van der Waals surface area contributed by atoms with Crippen LogP contribution in [0.3, 0.4) is 0 Å². The van der Waals surface area contributed by atoms with Crippen LogP contribution in [0.1, 0.15) is 18.6 Å². The SMILES string of the molecule is CC1(CNCC(O)c2ccc3c(c2)OCO3)COC1. The van der Waals surface area contributed by atoms with Crippen LogP contribution < -0.4 is 14.8 Å². The average molecular weight is 265 g/mol. The summed E-state index contributed by atoms with van der Waals surface area (Å²) in [5.41, 5.74) is 1.06. The van der Waals surface area contributed by atoms with Gasteiger partial charge in [-0.3, -0.25) is 0 Å². The second kappa shape index (κ2) is 5.00. The third-order valence-corrected chi connectivity index (χ3v) is 3.57. The zero-order valence-electron chi connectivity index (χ0n) is 11.0. The van der Waals surface area contributed by atoms with Crippen molar-refractivity contribution in [2.45, 2.75) is 13.0 Å². The molecule has 0 aliphatic carbocycles. The van der Waals surface area contributed by atoms with Gasteiger partial charge in [-0.05, 0) is 17.7 Å². The molecule has 2 aliphatic heterocycles. The Bertz CT molecular complexity index is 459. The Morgan fingerprint density at radius 2 is 2.11 bits per heavy atom. The molecular weight excluding hydrogens is 246 g/mol. The molecule has 1 fully saturated rings. The number of ether oxygens (including phenoxy) is 3. The number of fused-ring (bicyclic) bond motifs is 1. The Labute approximate surface area is 112 Å². The first-order chi connectivity index (χ1) is 9.16. The number of nitrogens with one attached hydrogen (secondary N) is 1. The number of benzene rings is 1. The lowest BCUT2D eigenvalue weighted by atomic mass is 9.89. The summed E-state index contributed by atoms with van der Waals surface area (Å²) in [4.78, 5) is 0. The number of hydrogen-bond acceptors (Lipinski definition) is 5. The van der Waals surface area contributed by atoms with Crippen molar-refractivity contribution in [1.82, 2.24) is 5.32 Å². The van der Waals surface area contributed by atoms with Crippen molar-refractivity contribution >= 4 is 0 Å². The summed E-state index contributed by atoms with van der Waals surface area (Å²) in [7, 11) is 0. The van der Waals surface area contributed by atoms with Crippen LogP contribution >= 0.6 is 0 Å². The second-order valence-corrected chi connectivity index (χ2v) is 5.56. The van der Waals surface area contributed by atoms with Crippen molar-refractivity contribution in [2.24, 2.45) is 5.41 Å². The number of rotatable bonds is 5. The van der Waals surface area contributed by atoms with E-state index in [1.165, 1.54) is 0 Å². The van der Waals surface area contributed by atoms with Gasteiger partial charge in [-0.15, -0.1) is 0 Å². The molecule has 0 bridgehead atoms. The second-order valence-electron chi connectivity index (χ2n) is 5.56. The largest absolute Gasteiger partial charge is 0.454 e. The van der Waals surface area contributed by atoms with Gasteiger partial charge >= 0.3 is 0 Å². The van der Waals surface area contributed by atoms with Gasteiger partial charge < -0.3 is 24.6 Å². The maximum absolute atomic E-state index is 10.1. The summed E-state index contributed by atoms with van der Waals surface area (Å²) >= 11 is 0. The van der Waals surface area contributed by atoms with Gasteiger partial charge in [-0.2, -0.15) is 0 Å². The fourth-order valence-electron chi connectivity index (χ4n) is 2.30. The van der Waals surface area contributed by atoms with E-state index in [1.54, 1.807) is 0 Å². The zero-order chi connectivity index (χ0) is 13.3. The first-order valence-corrected chi connectivity index (χ1v) is 6.52. The van der Waals surface area contributed by atoms with Gasteiger partial charge in [0.05, 0.1) is 19.3 Å². The quantitative estimate of drug-likeness (QED) is 0.834. The van der Waals surface area contributed by atoms with Crippen LogP contribution in [0, 0.1) is 5.41 Å². The van der Waals surface area contributed by atoms with Crippen molar-refractivity contribution in [3.05, 3.63) is 23.8 Å². The van der Waals surface area contributed by atoms with E-state index in [9.17, 15) is 5.11 Å². The monoisotopic (exact) mass is 265 g/mol. The summed E-state index contributed by atoms with van der Waals surface area (Å²) < 4.78 is 15.7. The van der Waals surface area contributed by atoms with E-state index in [2.05, 4.69) is 12.2 Å². The molecule has 0 amide bonds. The molecule has 5 heteroatoms. The van der Waals surface area contributed by atoms with Crippen molar-refractivity contribution in [3.63, 3.8) is 0 Å². The fourth-order valence-corrected chi connectivity index (χ4v) is 2.30. The molecule has 3 rings (SSSR count). The Morgan fingerprint density at radius 3 is 2.84 bits per heavy atom. The Balaban J connectivity index is 1.53. The van der Waals surface area contributed by atoms with Gasteiger partial charge in [0.2, 0.25) is 6.79 Å². The molecular formula is C14H19NO4. The average Bonchev–Trinajstić information content (AvgIpc) is 2.83. The van der Waals surface area contributed by atoms with Gasteiger partial charge in [0.25, 0.3) is 0 Å². The molecule has 0 spiro atoms. The van der Waals surface area contributed by atoms with Gasteiger partial charge in [-0.25, -0.2) is 0 Å². The lowest BCUT2D eigenvalue weighted by Gasteiger charge is -2.38. The first kappa shape index (κ1) is 12.7. The number of aliphatic hydroxyl groups excluding tert-OH is 1. The van der Waals surface area contributed by atoms with E-state index >= 15 is 0 Å². The molecule has 0 radical (unpaired) electrons. The molecule has 0 saturated carbocycles. The molecule has 2 aliphatic rings. The van der Waals surface area contributed by atoms with E-state index in [-0.39, 0.29) is 12.2 Å². The number of hydrogen-bond donors (Lipinski definition) is 2. The minimum atomic E-state index is -0.543. The Kier molecular flexibility index (Phi) is 3.35. The summed E-state index contributed by atoms with van der Waals surface area (Å²) in [6, 6.07) is 5.54. The molecule has 1 atom stereocenters. The molecule has 104 valence electrons. The summed E-state index contributed by atoms with van der Waals surface area (Å²) in [6.07, 6.45) is -0.543. The van der Waals surface area contributed by atoms with Crippen molar-refractivity contribution in [2.75, 3.05) is 33.1 Å². The Morgan fingerprint density at radius 1 is 1.32 bits per heavy atom. The smallest absolute Gasteiger partial charge is 0.231 e. The molecule has 0 aromatic heterocycles. The summed E-state index contributed by atoms with van der Waals surface area (Å²) in [5.74, 6) is 1.44. The molecule has 1 saturated heterocycles. The van der Waals surface area contributed by atoms with Crippen molar-refractivity contribution in [1.29, 1.82) is 0 Å². The highest BCUT2D eigenvalue weighted by atomic mass is 16.7. The van der Waals surface area contributed by atoms with Crippen LogP contribution in [0.2, 0.25) is 0 Å². The molecule has 2 heterocycles. The summed E-state index contributed by atoms with van der Waals surface area (Å²) in [5, 5.41) is 13.4. The van der Waals surface area contributed by atoms with Crippen molar-refractivity contribution in [3.8, 4) is 11.5 Å². The highest BCUT2D eigenvalue weighted by Gasteiger charge is 2.32. The highest BCUT2D eigenvalue weighted by Crippen LogP contribution is 2.34. The van der Waals surface area contributed by atoms with Gasteiger partial charge in [0, 0.05) is 18.5 Å². The predicted octanol–water partition coefficient (Wildman–Crippen LogP) is 1.07. The van der Waals surface area contributed by atoms with Gasteiger partial charge in [0.1, 0.15) is 0 Å². The third-order valence-electron chi connectivity index (χ3n) is 3.57. The van der Waals surface area contributed by atoms with Gasteiger partial charge in [-0.1, -0.05) is 13.0 Å². The molecule has 1 unspecified atom stereocenters. The lowest BCUT2D eigenvalue weighted by Crippen LogP contribution is -2.47. The normalized spacial score (nSPS) is 20.9. The third kappa shape index (κ3) is 2.68. The van der Waals surface area contributed by atoms with E-state index in [1.807, 2.05) is 18.2 Å². The van der Waals surface area contributed by atoms with Crippen LogP contribution in [0.15, 0.2) is 18.2 Å². The van der Waals surface area contributed by atoms with Crippen LogP contribution in [-0.2, 0) is 4.74 Å². The topological polar surface area (TPSA) is 60.0 Å². The van der Waals surface area contributed by atoms with Crippen LogP contribution in [-0.4, -0.2) is 38.2 Å². The molecule has 2 N–H and O–H groups in total. The number of aliphatic hydroxyl groups is 1. The lowest BCUT2D eigenvalue weighted by molar-refractivity contribution is -0.0996. The van der Waals surface area contributed by atoms with E-state index in [0.717, 1.165) is 31.1 Å². The first-order valence-electron chi connectivity index (χ1n) is 6.52. The van der Waals surface area contributed by atoms with Crippen molar-refractivity contribution < 1.29 is 19.3 Å². The molecule has 1 aromatic carbocycles. The maximum atomic E-state index is 10.1. The standard InChI is InChI=1S/C14H19NO4/c1-14(7-17-8-14)6-15-5-11(16)10-2-3-12-13(4-10)19-9-18-12/h2-4,11,15-16H,5-9H2,1H3. The molecule has 19 heavy (non-hydrogen) atoms. The van der Waals surface area contributed by atoms with Crippen LogP contribution in [0.5, 0.6) is 11.5 Å². The summed E-state index contributed by atoms with van der Waals surface area (Å²) in [6.45, 7) is 5.39. The molecule has 1 aromatic rings. The minimum Gasteiger partial charge on any atom is -0.454 e. The molecule has 5 nitrogen and oxygen atoms in total.